The first-order valence-corrected chi connectivity index (χ1v) is 5.43. The van der Waals surface area contributed by atoms with Crippen molar-refractivity contribution in [2.24, 2.45) is 0 Å². The monoisotopic (exact) mass is 173 g/mol. The third-order valence-corrected chi connectivity index (χ3v) is 3.24. The molecule has 0 spiro atoms. The number of hydrogen-bond donors (Lipinski definition) is 0. The van der Waals surface area contributed by atoms with Crippen LogP contribution >= 0.6 is 11.8 Å². The topological polar surface area (TPSA) is 3.24 Å². The van der Waals surface area contributed by atoms with E-state index in [0.29, 0.717) is 4.75 Å². The molecular weight excluding hydrogens is 154 g/mol. The van der Waals surface area contributed by atoms with Crippen LogP contribution in [0.3, 0.4) is 0 Å². The van der Waals surface area contributed by atoms with Crippen LogP contribution in [-0.2, 0) is 0 Å². The predicted molar refractivity (Wildman–Crippen MR) is 53.0 cm³/mol. The molecule has 0 aliphatic carbocycles. The fourth-order valence-corrected chi connectivity index (χ4v) is 2.02. The smallest absolute Gasteiger partial charge is 0.0449 e. The molecule has 1 fully saturated rings. The van der Waals surface area contributed by atoms with Gasteiger partial charge in [-0.2, -0.15) is 0 Å². The third kappa shape index (κ3) is 4.02. The second kappa shape index (κ2) is 3.81. The lowest BCUT2D eigenvalue weighted by Crippen LogP contribution is -2.22. The summed E-state index contributed by atoms with van der Waals surface area (Å²) < 4.78 is 0.433. The van der Waals surface area contributed by atoms with Crippen LogP contribution in [0, 0.1) is 0 Å². The van der Waals surface area contributed by atoms with Crippen LogP contribution < -0.4 is 0 Å². The number of thioether (sulfide) groups is 1. The van der Waals surface area contributed by atoms with E-state index in [1.54, 1.807) is 0 Å². The van der Waals surface area contributed by atoms with Crippen LogP contribution in [0.25, 0.3) is 0 Å². The van der Waals surface area contributed by atoms with Crippen LogP contribution in [0.15, 0.2) is 0 Å². The molecule has 0 amide bonds. The van der Waals surface area contributed by atoms with Crippen LogP contribution in [0.5, 0.6) is 0 Å². The molecule has 0 unspecified atom stereocenters. The molecule has 0 saturated carbocycles. The number of hydrogen-bond acceptors (Lipinski definition) is 2. The number of nitrogens with zero attached hydrogens (tertiary/aromatic N) is 1. The Morgan fingerprint density at radius 1 is 1.18 bits per heavy atom. The van der Waals surface area contributed by atoms with Gasteiger partial charge in [0.2, 0.25) is 0 Å². The zero-order valence-electron chi connectivity index (χ0n) is 7.89. The zero-order valence-corrected chi connectivity index (χ0v) is 8.71. The summed E-state index contributed by atoms with van der Waals surface area (Å²) in [5.41, 5.74) is 0. The van der Waals surface area contributed by atoms with Crippen LogP contribution in [-0.4, -0.2) is 28.6 Å². The lowest BCUT2D eigenvalue weighted by molar-refractivity contribution is 0.399. The Labute approximate surface area is 74.5 Å². The van der Waals surface area contributed by atoms with E-state index in [9.17, 15) is 0 Å². The summed E-state index contributed by atoms with van der Waals surface area (Å²) in [5, 5.41) is 0. The van der Waals surface area contributed by atoms with E-state index >= 15 is 0 Å². The van der Waals surface area contributed by atoms with Gasteiger partial charge in [0.15, 0.2) is 0 Å². The average molecular weight is 173 g/mol. The van der Waals surface area contributed by atoms with Gasteiger partial charge in [-0.15, -0.1) is 11.8 Å². The highest BCUT2D eigenvalue weighted by Crippen LogP contribution is 2.25. The second-order valence-electron chi connectivity index (χ2n) is 4.21. The van der Waals surface area contributed by atoms with Gasteiger partial charge in [0.05, 0.1) is 0 Å². The molecule has 0 bridgehead atoms. The molecule has 1 rings (SSSR count). The summed E-state index contributed by atoms with van der Waals surface area (Å²) in [7, 11) is 0. The molecule has 0 atom stereocenters. The second-order valence-corrected chi connectivity index (χ2v) is 5.98. The lowest BCUT2D eigenvalue weighted by Gasteiger charge is -2.22. The minimum Gasteiger partial charge on any atom is -0.294 e. The molecule has 0 radical (unpaired) electrons. The third-order valence-electron chi connectivity index (χ3n) is 1.88. The molecule has 11 heavy (non-hydrogen) atoms. The molecule has 1 aliphatic rings. The van der Waals surface area contributed by atoms with E-state index in [1.165, 1.54) is 31.8 Å². The van der Waals surface area contributed by atoms with Crippen molar-refractivity contribution in [3.8, 4) is 0 Å². The molecule has 0 N–H and O–H groups in total. The van der Waals surface area contributed by atoms with Crippen molar-refractivity contribution < 1.29 is 0 Å². The van der Waals surface area contributed by atoms with Gasteiger partial charge in [-0.1, -0.05) is 20.8 Å². The van der Waals surface area contributed by atoms with E-state index in [2.05, 4.69) is 37.4 Å². The predicted octanol–water partition coefficient (Wildman–Crippen LogP) is 2.57. The van der Waals surface area contributed by atoms with Gasteiger partial charge < -0.3 is 0 Å². The lowest BCUT2D eigenvalue weighted by atomic mass is 10.3. The van der Waals surface area contributed by atoms with Crippen molar-refractivity contribution >= 4 is 11.8 Å². The van der Waals surface area contributed by atoms with Gasteiger partial charge in [0.25, 0.3) is 0 Å². The van der Waals surface area contributed by atoms with Gasteiger partial charge in [-0.25, -0.2) is 0 Å². The maximum absolute atomic E-state index is 2.55. The van der Waals surface area contributed by atoms with E-state index in [0.717, 1.165) is 0 Å². The first kappa shape index (κ1) is 9.40. The fourth-order valence-electron chi connectivity index (χ4n) is 1.20. The number of rotatable bonds is 2. The first-order valence-electron chi connectivity index (χ1n) is 4.44. The van der Waals surface area contributed by atoms with Crippen molar-refractivity contribution in [3.63, 3.8) is 0 Å². The van der Waals surface area contributed by atoms with Crippen molar-refractivity contribution in [1.82, 2.24) is 4.90 Å². The van der Waals surface area contributed by atoms with Crippen molar-refractivity contribution in [2.75, 3.05) is 19.0 Å². The Bertz CT molecular complexity index is 111. The highest BCUT2D eigenvalue weighted by Gasteiger charge is 2.15. The molecule has 1 aliphatic heterocycles. The summed E-state index contributed by atoms with van der Waals surface area (Å²) in [6, 6.07) is 0. The summed E-state index contributed by atoms with van der Waals surface area (Å²) >= 11 is 2.06. The summed E-state index contributed by atoms with van der Waals surface area (Å²) in [6.45, 7) is 9.50. The van der Waals surface area contributed by atoms with Gasteiger partial charge in [-0.3, -0.25) is 4.90 Å². The molecule has 1 saturated heterocycles. The number of likely N-dealkylation sites (tertiary alicyclic amines) is 1. The molecule has 2 heteroatoms. The Morgan fingerprint density at radius 2 is 1.73 bits per heavy atom. The van der Waals surface area contributed by atoms with E-state index in [1.807, 2.05) is 0 Å². The minimum absolute atomic E-state index is 0.433. The van der Waals surface area contributed by atoms with E-state index in [-0.39, 0.29) is 0 Å². The van der Waals surface area contributed by atoms with E-state index < -0.39 is 0 Å². The van der Waals surface area contributed by atoms with Crippen molar-refractivity contribution in [1.29, 1.82) is 0 Å². The van der Waals surface area contributed by atoms with Gasteiger partial charge in [0.1, 0.15) is 0 Å². The van der Waals surface area contributed by atoms with Crippen LogP contribution in [0.1, 0.15) is 33.6 Å². The average Bonchev–Trinajstić information content (AvgIpc) is 2.32. The normalized spacial score (nSPS) is 21.0. The first-order chi connectivity index (χ1) is 5.08. The van der Waals surface area contributed by atoms with Gasteiger partial charge >= 0.3 is 0 Å². The Morgan fingerprint density at radius 3 is 2.18 bits per heavy atom. The molecule has 1 nitrogen and oxygen atoms in total. The molecule has 0 aromatic carbocycles. The summed E-state index contributed by atoms with van der Waals surface area (Å²) in [6.07, 6.45) is 2.81. The highest BCUT2D eigenvalue weighted by atomic mass is 32.2. The quantitative estimate of drug-likeness (QED) is 0.631. The largest absolute Gasteiger partial charge is 0.294 e. The summed E-state index contributed by atoms with van der Waals surface area (Å²) in [5.74, 6) is 1.23. The van der Waals surface area contributed by atoms with E-state index in [4.69, 9.17) is 0 Å². The van der Waals surface area contributed by atoms with Gasteiger partial charge in [0, 0.05) is 10.6 Å². The summed E-state index contributed by atoms with van der Waals surface area (Å²) in [4.78, 5) is 2.55. The van der Waals surface area contributed by atoms with Crippen LogP contribution in [0.4, 0.5) is 0 Å². The molecule has 0 aromatic rings. The molecule has 66 valence electrons. The zero-order chi connectivity index (χ0) is 8.32. The SMILES string of the molecule is CC(C)(C)SCN1CCCC1. The molecule has 1 heterocycles. The Hall–Kier alpha value is 0.310. The maximum atomic E-state index is 2.55. The minimum atomic E-state index is 0.433. The maximum Gasteiger partial charge on any atom is 0.0449 e. The molecule has 0 aromatic heterocycles. The van der Waals surface area contributed by atoms with Crippen molar-refractivity contribution in [3.05, 3.63) is 0 Å². The standard InChI is InChI=1S/C9H19NS/c1-9(2,3)11-8-10-6-4-5-7-10/h4-8H2,1-3H3. The van der Waals surface area contributed by atoms with Crippen molar-refractivity contribution in [2.45, 2.75) is 38.4 Å². The Kier molecular flexibility index (Phi) is 3.26. The highest BCUT2D eigenvalue weighted by molar-refractivity contribution is 8.00. The fraction of sp³-hybridized carbons (Fsp3) is 1.00. The molecular formula is C9H19NS. The van der Waals surface area contributed by atoms with Crippen LogP contribution in [0.2, 0.25) is 0 Å². The van der Waals surface area contributed by atoms with Gasteiger partial charge in [-0.05, 0) is 25.9 Å². The Balaban J connectivity index is 2.11.